The first-order valence-corrected chi connectivity index (χ1v) is 9.32. The lowest BCUT2D eigenvalue weighted by Crippen LogP contribution is -2.29. The van der Waals surface area contributed by atoms with Gasteiger partial charge >= 0.3 is 6.03 Å². The zero-order valence-electron chi connectivity index (χ0n) is 15.2. The fourth-order valence-corrected chi connectivity index (χ4v) is 3.76. The van der Waals surface area contributed by atoms with Crippen LogP contribution in [-0.4, -0.2) is 43.3 Å². The number of aromatic nitrogens is 2. The zero-order chi connectivity index (χ0) is 18.5. The summed E-state index contributed by atoms with van der Waals surface area (Å²) in [4.78, 5) is 24.0. The molecular formula is C17H23N5O3S. The third-order valence-electron chi connectivity index (χ3n) is 4.07. The van der Waals surface area contributed by atoms with Crippen LogP contribution in [0.2, 0.25) is 0 Å². The molecule has 3 heterocycles. The van der Waals surface area contributed by atoms with E-state index in [9.17, 15) is 4.79 Å². The van der Waals surface area contributed by atoms with Crippen LogP contribution in [0.4, 0.5) is 15.6 Å². The number of pyridine rings is 1. The number of nitrogens with one attached hydrogen (secondary N) is 2. The van der Waals surface area contributed by atoms with Crippen LogP contribution in [0.5, 0.6) is 11.6 Å². The van der Waals surface area contributed by atoms with Crippen LogP contribution in [0.15, 0.2) is 12.3 Å². The van der Waals surface area contributed by atoms with Gasteiger partial charge in [-0.2, -0.15) is 0 Å². The number of amides is 2. The minimum absolute atomic E-state index is 0.209. The summed E-state index contributed by atoms with van der Waals surface area (Å²) in [6.07, 6.45) is 3.50. The largest absolute Gasteiger partial charge is 0.491 e. The average Bonchev–Trinajstić information content (AvgIpc) is 3.06. The number of fused-ring (bicyclic) bond motifs is 1. The molecule has 0 fully saturated rings. The molecule has 0 aromatic carbocycles. The van der Waals surface area contributed by atoms with E-state index in [1.54, 1.807) is 20.4 Å². The number of nitrogens with zero attached hydrogens (tertiary/aromatic N) is 3. The SMILES string of the molecule is CCCNC(=O)Nc1nc2c(s1)CN(c1cnc(OC)c(OC)c1)CC2. The first-order valence-electron chi connectivity index (χ1n) is 8.51. The summed E-state index contributed by atoms with van der Waals surface area (Å²) < 4.78 is 10.5. The topological polar surface area (TPSA) is 88.6 Å². The molecule has 1 aliphatic rings. The Morgan fingerprint density at radius 1 is 1.38 bits per heavy atom. The van der Waals surface area contributed by atoms with E-state index in [1.165, 1.54) is 11.3 Å². The van der Waals surface area contributed by atoms with Crippen molar-refractivity contribution < 1.29 is 14.3 Å². The molecule has 0 bridgehead atoms. The maximum atomic E-state index is 11.8. The Hall–Kier alpha value is -2.55. The van der Waals surface area contributed by atoms with Crippen molar-refractivity contribution >= 4 is 28.2 Å². The van der Waals surface area contributed by atoms with Crippen LogP contribution >= 0.6 is 11.3 Å². The van der Waals surface area contributed by atoms with Crippen molar-refractivity contribution in [1.82, 2.24) is 15.3 Å². The molecule has 0 radical (unpaired) electrons. The Morgan fingerprint density at radius 3 is 2.96 bits per heavy atom. The smallest absolute Gasteiger partial charge is 0.321 e. The van der Waals surface area contributed by atoms with Gasteiger partial charge in [-0.25, -0.2) is 14.8 Å². The van der Waals surface area contributed by atoms with E-state index in [0.717, 1.165) is 42.2 Å². The van der Waals surface area contributed by atoms with E-state index in [-0.39, 0.29) is 6.03 Å². The Bertz CT molecular complexity index is 780. The van der Waals surface area contributed by atoms with Gasteiger partial charge in [0, 0.05) is 30.5 Å². The molecule has 0 spiro atoms. The third kappa shape index (κ3) is 3.98. The van der Waals surface area contributed by atoms with Crippen molar-refractivity contribution in [1.29, 1.82) is 0 Å². The number of thiazole rings is 1. The number of ether oxygens (including phenoxy) is 2. The van der Waals surface area contributed by atoms with Crippen molar-refractivity contribution in [3.8, 4) is 11.6 Å². The lowest BCUT2D eigenvalue weighted by atomic mass is 10.1. The summed E-state index contributed by atoms with van der Waals surface area (Å²) in [7, 11) is 3.17. The van der Waals surface area contributed by atoms with Crippen molar-refractivity contribution in [3.63, 3.8) is 0 Å². The number of hydrogen-bond acceptors (Lipinski definition) is 7. The van der Waals surface area contributed by atoms with Crippen LogP contribution < -0.4 is 25.0 Å². The van der Waals surface area contributed by atoms with Crippen LogP contribution in [-0.2, 0) is 13.0 Å². The minimum atomic E-state index is -0.209. The van der Waals surface area contributed by atoms with Crippen LogP contribution in [0.1, 0.15) is 23.9 Å². The summed E-state index contributed by atoms with van der Waals surface area (Å²) in [5.74, 6) is 1.08. The molecule has 26 heavy (non-hydrogen) atoms. The first-order chi connectivity index (χ1) is 12.6. The Balaban J connectivity index is 1.71. The molecule has 0 saturated carbocycles. The monoisotopic (exact) mass is 377 g/mol. The van der Waals surface area contributed by atoms with E-state index < -0.39 is 0 Å². The van der Waals surface area contributed by atoms with E-state index in [4.69, 9.17) is 9.47 Å². The number of carbonyl (C=O) groups excluding carboxylic acids is 1. The molecule has 9 heteroatoms. The molecule has 0 unspecified atom stereocenters. The van der Waals surface area contributed by atoms with Gasteiger partial charge in [0.05, 0.1) is 38.3 Å². The van der Waals surface area contributed by atoms with Crippen LogP contribution in [0, 0.1) is 0 Å². The average molecular weight is 377 g/mol. The molecule has 0 atom stereocenters. The number of carbonyl (C=O) groups is 1. The van der Waals surface area contributed by atoms with Gasteiger partial charge in [-0.3, -0.25) is 5.32 Å². The standard InChI is InChI=1S/C17H23N5O3S/c1-4-6-18-16(23)21-17-20-12-5-7-22(10-14(12)26-17)11-8-13(24-2)15(25-3)19-9-11/h8-9H,4-7,10H2,1-3H3,(H2,18,20,21,23). The predicted octanol–water partition coefficient (Wildman–Crippen LogP) is 2.65. The fourth-order valence-electron chi connectivity index (χ4n) is 2.74. The van der Waals surface area contributed by atoms with Gasteiger partial charge in [0.1, 0.15) is 0 Å². The summed E-state index contributed by atoms with van der Waals surface area (Å²) in [6, 6.07) is 1.72. The quantitative estimate of drug-likeness (QED) is 0.805. The minimum Gasteiger partial charge on any atom is -0.491 e. The van der Waals surface area contributed by atoms with Crippen molar-refractivity contribution in [2.45, 2.75) is 26.3 Å². The van der Waals surface area contributed by atoms with Crippen LogP contribution in [0.25, 0.3) is 0 Å². The third-order valence-corrected chi connectivity index (χ3v) is 5.07. The second-order valence-electron chi connectivity index (χ2n) is 5.85. The highest BCUT2D eigenvalue weighted by molar-refractivity contribution is 7.15. The summed E-state index contributed by atoms with van der Waals surface area (Å²) in [5.41, 5.74) is 2.02. The second-order valence-corrected chi connectivity index (χ2v) is 6.93. The van der Waals surface area contributed by atoms with Gasteiger partial charge in [-0.05, 0) is 6.42 Å². The second kappa shape index (κ2) is 8.22. The van der Waals surface area contributed by atoms with Gasteiger partial charge < -0.3 is 19.7 Å². The first kappa shape index (κ1) is 18.2. The van der Waals surface area contributed by atoms with Gasteiger partial charge in [0.25, 0.3) is 5.88 Å². The van der Waals surface area contributed by atoms with Gasteiger partial charge in [-0.15, -0.1) is 0 Å². The molecule has 3 rings (SSSR count). The summed E-state index contributed by atoms with van der Waals surface area (Å²) in [6.45, 7) is 4.22. The maximum Gasteiger partial charge on any atom is 0.321 e. The van der Waals surface area contributed by atoms with Gasteiger partial charge in [0.15, 0.2) is 10.9 Å². The van der Waals surface area contributed by atoms with Gasteiger partial charge in [0.2, 0.25) is 0 Å². The van der Waals surface area contributed by atoms with E-state index >= 15 is 0 Å². The molecule has 0 aliphatic carbocycles. The summed E-state index contributed by atoms with van der Waals surface area (Å²) >= 11 is 1.51. The Labute approximate surface area is 156 Å². The lowest BCUT2D eigenvalue weighted by molar-refractivity contribution is 0.252. The highest BCUT2D eigenvalue weighted by Crippen LogP contribution is 2.33. The molecule has 0 saturated heterocycles. The van der Waals surface area contributed by atoms with Crippen molar-refractivity contribution in [2.24, 2.45) is 0 Å². The van der Waals surface area contributed by atoms with E-state index in [1.807, 2.05) is 13.0 Å². The van der Waals surface area contributed by atoms with E-state index in [0.29, 0.717) is 23.3 Å². The number of methoxy groups -OCH3 is 2. The highest BCUT2D eigenvalue weighted by atomic mass is 32.1. The molecular weight excluding hydrogens is 354 g/mol. The van der Waals surface area contributed by atoms with Gasteiger partial charge in [-0.1, -0.05) is 18.3 Å². The van der Waals surface area contributed by atoms with Crippen molar-refractivity contribution in [2.75, 3.05) is 37.5 Å². The molecule has 1 aliphatic heterocycles. The number of anilines is 2. The number of hydrogen-bond donors (Lipinski definition) is 2. The number of rotatable bonds is 6. The van der Waals surface area contributed by atoms with Crippen LogP contribution in [0.3, 0.4) is 0 Å². The molecule has 2 amide bonds. The zero-order valence-corrected chi connectivity index (χ0v) is 16.0. The predicted molar refractivity (Wildman–Crippen MR) is 102 cm³/mol. The van der Waals surface area contributed by atoms with E-state index in [2.05, 4.69) is 25.5 Å². The molecule has 140 valence electrons. The lowest BCUT2D eigenvalue weighted by Gasteiger charge is -2.28. The Morgan fingerprint density at radius 2 is 2.23 bits per heavy atom. The maximum absolute atomic E-state index is 11.8. The Kier molecular flexibility index (Phi) is 5.77. The van der Waals surface area contributed by atoms with Crippen molar-refractivity contribution in [3.05, 3.63) is 22.8 Å². The molecule has 8 nitrogen and oxygen atoms in total. The normalized spacial score (nSPS) is 13.1. The molecule has 2 N–H and O–H groups in total. The fraction of sp³-hybridized carbons (Fsp3) is 0.471. The highest BCUT2D eigenvalue weighted by Gasteiger charge is 2.22. The molecule has 2 aromatic rings. The summed E-state index contributed by atoms with van der Waals surface area (Å²) in [5, 5.41) is 6.24. The number of urea groups is 1. The molecule has 2 aromatic heterocycles.